The molecule has 0 spiro atoms. The molecular weight excluding hydrogens is 368 g/mol. The van der Waals surface area contributed by atoms with Crippen molar-refractivity contribution in [1.29, 1.82) is 0 Å². The highest BCUT2D eigenvalue weighted by atomic mass is 16.5. The molecule has 2 aliphatic heterocycles. The number of carbonyl (C=O) groups is 2. The first-order valence-corrected chi connectivity index (χ1v) is 9.50. The molecule has 2 aliphatic rings. The Morgan fingerprint density at radius 1 is 1.07 bits per heavy atom. The molecule has 0 amide bonds. The van der Waals surface area contributed by atoms with E-state index in [2.05, 4.69) is 6.58 Å². The quantitative estimate of drug-likeness (QED) is 0.320. The molecule has 0 N–H and O–H groups in total. The Bertz CT molecular complexity index is 1060. The molecule has 0 unspecified atom stereocenters. The van der Waals surface area contributed by atoms with Crippen LogP contribution in [0.15, 0.2) is 59.9 Å². The minimum Gasteiger partial charge on any atom is -0.489 e. The van der Waals surface area contributed by atoms with Gasteiger partial charge in [-0.15, -0.1) is 0 Å². The van der Waals surface area contributed by atoms with E-state index in [-0.39, 0.29) is 24.1 Å². The highest BCUT2D eigenvalue weighted by Crippen LogP contribution is 2.49. The van der Waals surface area contributed by atoms with E-state index in [1.54, 1.807) is 12.1 Å². The van der Waals surface area contributed by atoms with Crippen molar-refractivity contribution < 1.29 is 23.8 Å². The molecule has 1 atom stereocenters. The zero-order valence-electron chi connectivity index (χ0n) is 16.7. The smallest absolute Gasteiger partial charge is 0.312 e. The molecule has 148 valence electrons. The average Bonchev–Trinajstić information content (AvgIpc) is 3.03. The van der Waals surface area contributed by atoms with Crippen molar-refractivity contribution in [2.75, 3.05) is 6.61 Å². The molecule has 0 aromatic heterocycles. The molecule has 5 nitrogen and oxygen atoms in total. The third kappa shape index (κ3) is 3.44. The maximum absolute atomic E-state index is 12.7. The van der Waals surface area contributed by atoms with Gasteiger partial charge in [0.1, 0.15) is 23.9 Å². The largest absolute Gasteiger partial charge is 0.489 e. The van der Waals surface area contributed by atoms with Crippen LogP contribution in [-0.4, -0.2) is 18.4 Å². The lowest BCUT2D eigenvalue weighted by Gasteiger charge is -2.26. The Labute approximate surface area is 169 Å². The van der Waals surface area contributed by atoms with Gasteiger partial charge in [0.25, 0.3) is 0 Å². The lowest BCUT2D eigenvalue weighted by Crippen LogP contribution is -2.21. The Balaban J connectivity index is 1.75. The number of fused-ring (bicyclic) bond motifs is 3. The van der Waals surface area contributed by atoms with E-state index in [0.717, 1.165) is 28.0 Å². The van der Waals surface area contributed by atoms with Gasteiger partial charge in [0, 0.05) is 11.5 Å². The topological polar surface area (TPSA) is 61.8 Å². The molecule has 0 saturated heterocycles. The average molecular weight is 390 g/mol. The lowest BCUT2D eigenvalue weighted by atomic mass is 9.84. The van der Waals surface area contributed by atoms with Crippen LogP contribution in [0.5, 0.6) is 17.2 Å². The van der Waals surface area contributed by atoms with Crippen LogP contribution in [0.2, 0.25) is 0 Å². The molecule has 2 aromatic carbocycles. The van der Waals surface area contributed by atoms with Gasteiger partial charge in [0.2, 0.25) is 5.78 Å². The van der Waals surface area contributed by atoms with E-state index in [4.69, 9.17) is 14.2 Å². The molecule has 0 fully saturated rings. The van der Waals surface area contributed by atoms with Gasteiger partial charge in [-0.2, -0.15) is 0 Å². The number of rotatable bonds is 4. The molecule has 0 bridgehead atoms. The maximum atomic E-state index is 12.7. The summed E-state index contributed by atoms with van der Waals surface area (Å²) in [5.41, 5.74) is 3.92. The standard InChI is InChI=1S/C24H22O5/c1-13(2)12-27-16-7-5-15(6-8-16)18-11-20(25)28-19-10-9-17-22(26)23(14(3)4)29-24(17)21(18)19/h5-10,18H,1,11-12H2,2-4H3/t18-/m0/s1. The predicted octanol–water partition coefficient (Wildman–Crippen LogP) is 4.95. The minimum absolute atomic E-state index is 0.137. The van der Waals surface area contributed by atoms with Gasteiger partial charge in [0.05, 0.1) is 12.0 Å². The van der Waals surface area contributed by atoms with Gasteiger partial charge < -0.3 is 14.2 Å². The number of hydrogen-bond donors (Lipinski definition) is 0. The lowest BCUT2D eigenvalue weighted by molar-refractivity contribution is -0.135. The molecule has 2 aromatic rings. The first-order valence-electron chi connectivity index (χ1n) is 9.50. The summed E-state index contributed by atoms with van der Waals surface area (Å²) in [4.78, 5) is 24.9. The van der Waals surface area contributed by atoms with Crippen molar-refractivity contribution in [3.8, 4) is 17.2 Å². The first-order chi connectivity index (χ1) is 13.8. The van der Waals surface area contributed by atoms with E-state index in [1.807, 2.05) is 45.0 Å². The fourth-order valence-corrected chi connectivity index (χ4v) is 3.61. The molecule has 4 rings (SSSR count). The molecule has 0 aliphatic carbocycles. The fourth-order valence-electron chi connectivity index (χ4n) is 3.61. The maximum Gasteiger partial charge on any atom is 0.312 e. The highest BCUT2D eigenvalue weighted by molar-refractivity contribution is 6.13. The number of esters is 1. The zero-order chi connectivity index (χ0) is 20.7. The summed E-state index contributed by atoms with van der Waals surface area (Å²) in [5, 5.41) is 0. The van der Waals surface area contributed by atoms with Gasteiger partial charge in [-0.05, 0) is 61.7 Å². The van der Waals surface area contributed by atoms with Crippen molar-refractivity contribution >= 4 is 11.8 Å². The van der Waals surface area contributed by atoms with Gasteiger partial charge in [-0.3, -0.25) is 9.59 Å². The Morgan fingerprint density at radius 2 is 1.79 bits per heavy atom. The van der Waals surface area contributed by atoms with Gasteiger partial charge in [-0.1, -0.05) is 18.7 Å². The summed E-state index contributed by atoms with van der Waals surface area (Å²) in [6.07, 6.45) is 0.178. The van der Waals surface area contributed by atoms with Crippen LogP contribution in [0.25, 0.3) is 0 Å². The molecule has 5 heteroatoms. The fraction of sp³-hybridized carbons (Fsp3) is 0.250. The number of ketones is 1. The molecule has 2 heterocycles. The van der Waals surface area contributed by atoms with Crippen LogP contribution >= 0.6 is 0 Å². The minimum atomic E-state index is -0.309. The number of carbonyl (C=O) groups excluding carboxylic acids is 2. The number of allylic oxidation sites excluding steroid dienone is 2. The van der Waals surface area contributed by atoms with Crippen molar-refractivity contribution in [3.63, 3.8) is 0 Å². The first kappa shape index (κ1) is 19.0. The number of hydrogen-bond acceptors (Lipinski definition) is 5. The van der Waals surface area contributed by atoms with Crippen molar-refractivity contribution in [1.82, 2.24) is 0 Å². The summed E-state index contributed by atoms with van der Waals surface area (Å²) in [5.74, 6) is 1.29. The zero-order valence-corrected chi connectivity index (χ0v) is 16.7. The van der Waals surface area contributed by atoms with Crippen LogP contribution in [0, 0.1) is 0 Å². The second kappa shape index (κ2) is 7.24. The number of benzene rings is 2. The summed E-state index contributed by atoms with van der Waals surface area (Å²) >= 11 is 0. The Kier molecular flexibility index (Phi) is 4.74. The molecular formula is C24H22O5. The van der Waals surface area contributed by atoms with Crippen molar-refractivity contribution in [3.05, 3.63) is 76.6 Å². The van der Waals surface area contributed by atoms with E-state index in [1.165, 1.54) is 0 Å². The number of Topliss-reactive ketones (excluding diaryl/α,β-unsaturated/α-hetero) is 1. The molecule has 0 radical (unpaired) electrons. The van der Waals surface area contributed by atoms with E-state index < -0.39 is 0 Å². The number of ether oxygens (including phenoxy) is 3. The van der Waals surface area contributed by atoms with E-state index >= 15 is 0 Å². The van der Waals surface area contributed by atoms with Crippen molar-refractivity contribution in [2.45, 2.75) is 33.1 Å². The van der Waals surface area contributed by atoms with Crippen LogP contribution in [0.1, 0.15) is 54.6 Å². The molecule has 29 heavy (non-hydrogen) atoms. The monoisotopic (exact) mass is 390 g/mol. The van der Waals surface area contributed by atoms with Gasteiger partial charge in [0.15, 0.2) is 5.76 Å². The summed E-state index contributed by atoms with van der Waals surface area (Å²) in [6, 6.07) is 10.9. The van der Waals surface area contributed by atoms with E-state index in [0.29, 0.717) is 29.4 Å². The Morgan fingerprint density at radius 3 is 2.45 bits per heavy atom. The van der Waals surface area contributed by atoms with Crippen LogP contribution in [0.4, 0.5) is 0 Å². The summed E-state index contributed by atoms with van der Waals surface area (Å²) in [6.45, 7) is 9.87. The SMILES string of the molecule is C=C(C)COc1ccc([C@@H]2CC(=O)Oc3ccc4c(c32)OC(=C(C)C)C4=O)cc1. The summed E-state index contributed by atoms with van der Waals surface area (Å²) in [7, 11) is 0. The predicted molar refractivity (Wildman–Crippen MR) is 109 cm³/mol. The second-order valence-corrected chi connectivity index (χ2v) is 7.66. The second-order valence-electron chi connectivity index (χ2n) is 7.66. The van der Waals surface area contributed by atoms with Crippen LogP contribution < -0.4 is 14.2 Å². The van der Waals surface area contributed by atoms with Crippen molar-refractivity contribution in [2.24, 2.45) is 0 Å². The van der Waals surface area contributed by atoms with Gasteiger partial charge in [-0.25, -0.2) is 0 Å². The van der Waals surface area contributed by atoms with E-state index in [9.17, 15) is 9.59 Å². The molecule has 0 saturated carbocycles. The third-order valence-electron chi connectivity index (χ3n) is 4.98. The normalized spacial score (nSPS) is 17.2. The Hall–Kier alpha value is -3.34. The van der Waals surface area contributed by atoms with Crippen LogP contribution in [-0.2, 0) is 4.79 Å². The highest BCUT2D eigenvalue weighted by Gasteiger charge is 2.38. The summed E-state index contributed by atoms with van der Waals surface area (Å²) < 4.78 is 17.1. The third-order valence-corrected chi connectivity index (χ3v) is 4.98. The van der Waals surface area contributed by atoms with Gasteiger partial charge >= 0.3 is 5.97 Å². The van der Waals surface area contributed by atoms with Crippen LogP contribution in [0.3, 0.4) is 0 Å².